The highest BCUT2D eigenvalue weighted by atomic mass is 16.6. The number of ether oxygens (including phenoxy) is 3. The Morgan fingerprint density at radius 2 is 0.569 bits per heavy atom. The highest BCUT2D eigenvalue weighted by Gasteiger charge is 2.19. The maximum atomic E-state index is 12.8. The Kier molecular flexibility index (Phi) is 43.7. The van der Waals surface area contributed by atoms with Gasteiger partial charge in [-0.3, -0.25) is 14.4 Å². The van der Waals surface area contributed by atoms with E-state index in [0.29, 0.717) is 19.3 Å². The Bertz CT molecular complexity index is 885. The monoisotopic (exact) mass is 821 g/mol. The van der Waals surface area contributed by atoms with Gasteiger partial charge in [0.1, 0.15) is 13.2 Å². The van der Waals surface area contributed by atoms with Gasteiger partial charge < -0.3 is 14.2 Å². The van der Waals surface area contributed by atoms with Gasteiger partial charge in [-0.05, 0) is 31.1 Å². The first-order valence-corrected chi connectivity index (χ1v) is 25.7. The van der Waals surface area contributed by atoms with Crippen LogP contribution in [0.3, 0.4) is 0 Å². The molecule has 0 aromatic carbocycles. The fourth-order valence-electron chi connectivity index (χ4n) is 7.81. The summed E-state index contributed by atoms with van der Waals surface area (Å²) in [5.41, 5.74) is 0. The van der Waals surface area contributed by atoms with Gasteiger partial charge in [0, 0.05) is 19.3 Å². The van der Waals surface area contributed by atoms with Crippen LogP contribution in [0.1, 0.15) is 285 Å². The smallest absolute Gasteiger partial charge is 0.306 e. The van der Waals surface area contributed by atoms with E-state index in [-0.39, 0.29) is 31.1 Å². The molecule has 0 heterocycles. The molecule has 0 fully saturated rings. The van der Waals surface area contributed by atoms with Gasteiger partial charge in [0.15, 0.2) is 6.10 Å². The lowest BCUT2D eigenvalue weighted by molar-refractivity contribution is -0.167. The molecule has 344 valence electrons. The van der Waals surface area contributed by atoms with E-state index in [1.165, 1.54) is 173 Å². The van der Waals surface area contributed by atoms with Crippen molar-refractivity contribution in [1.82, 2.24) is 0 Å². The maximum absolute atomic E-state index is 12.8. The molecule has 0 aromatic rings. The lowest BCUT2D eigenvalue weighted by Gasteiger charge is -2.18. The number of rotatable bonds is 46. The predicted molar refractivity (Wildman–Crippen MR) is 247 cm³/mol. The quantitative estimate of drug-likeness (QED) is 0.0346. The van der Waals surface area contributed by atoms with Gasteiger partial charge in [0.25, 0.3) is 0 Å². The van der Waals surface area contributed by atoms with Crippen molar-refractivity contribution in [1.29, 1.82) is 0 Å². The zero-order valence-corrected chi connectivity index (χ0v) is 39.7. The molecule has 0 aromatic heterocycles. The summed E-state index contributed by atoms with van der Waals surface area (Å²) in [6.45, 7) is 11.4. The lowest BCUT2D eigenvalue weighted by Crippen LogP contribution is -2.30. The molecule has 0 aliphatic carbocycles. The van der Waals surface area contributed by atoms with Crippen LogP contribution in [0.5, 0.6) is 0 Å². The van der Waals surface area contributed by atoms with Crippen LogP contribution in [0.25, 0.3) is 0 Å². The molecule has 0 N–H and O–H groups in total. The van der Waals surface area contributed by atoms with Crippen molar-refractivity contribution in [2.45, 2.75) is 291 Å². The third-order valence-electron chi connectivity index (χ3n) is 11.7. The van der Waals surface area contributed by atoms with Gasteiger partial charge in [-0.25, -0.2) is 0 Å². The van der Waals surface area contributed by atoms with E-state index in [1.54, 1.807) is 0 Å². The summed E-state index contributed by atoms with van der Waals surface area (Å²) >= 11 is 0. The zero-order valence-electron chi connectivity index (χ0n) is 39.7. The molecule has 58 heavy (non-hydrogen) atoms. The number of esters is 3. The van der Waals surface area contributed by atoms with Crippen molar-refractivity contribution in [2.75, 3.05) is 13.2 Å². The summed E-state index contributed by atoms with van der Waals surface area (Å²) in [6.07, 6.45) is 45.2. The molecular weight excluding hydrogens is 721 g/mol. The van der Waals surface area contributed by atoms with E-state index in [2.05, 4.69) is 34.6 Å². The van der Waals surface area contributed by atoms with Gasteiger partial charge in [-0.1, -0.05) is 247 Å². The second-order valence-electron chi connectivity index (χ2n) is 18.8. The number of hydrogen-bond acceptors (Lipinski definition) is 6. The van der Waals surface area contributed by atoms with Crippen LogP contribution in [-0.2, 0) is 28.6 Å². The summed E-state index contributed by atoms with van der Waals surface area (Å²) in [7, 11) is 0. The molecule has 1 atom stereocenters. The normalized spacial score (nSPS) is 12.1. The lowest BCUT2D eigenvalue weighted by atomic mass is 10.0. The van der Waals surface area contributed by atoms with Crippen LogP contribution in [0.2, 0.25) is 0 Å². The molecule has 0 amide bonds. The minimum absolute atomic E-state index is 0.0637. The van der Waals surface area contributed by atoms with Crippen LogP contribution >= 0.6 is 0 Å². The minimum Gasteiger partial charge on any atom is -0.462 e. The Balaban J connectivity index is 4.26. The summed E-state index contributed by atoms with van der Waals surface area (Å²) in [5.74, 6) is 0.819. The van der Waals surface area contributed by atoms with Crippen molar-refractivity contribution < 1.29 is 28.6 Å². The van der Waals surface area contributed by atoms with E-state index in [4.69, 9.17) is 14.2 Å². The molecule has 0 unspecified atom stereocenters. The highest BCUT2D eigenvalue weighted by Crippen LogP contribution is 2.17. The number of carbonyl (C=O) groups excluding carboxylic acids is 3. The number of hydrogen-bond donors (Lipinski definition) is 0. The SMILES string of the molecule is CCCCCCCCCCCC(=O)OC[C@H](COC(=O)CCCCCCCCCCCCCCCCC(C)C)OC(=O)CCCCCCCCCCCCCC(C)C. The minimum atomic E-state index is -0.761. The van der Waals surface area contributed by atoms with E-state index >= 15 is 0 Å². The zero-order chi connectivity index (χ0) is 42.6. The largest absolute Gasteiger partial charge is 0.462 e. The molecule has 0 aliphatic rings. The average Bonchev–Trinajstić information content (AvgIpc) is 3.19. The van der Waals surface area contributed by atoms with Crippen LogP contribution in [0.15, 0.2) is 0 Å². The fourth-order valence-corrected chi connectivity index (χ4v) is 7.81. The van der Waals surface area contributed by atoms with E-state index in [0.717, 1.165) is 69.6 Å². The third-order valence-corrected chi connectivity index (χ3v) is 11.7. The maximum Gasteiger partial charge on any atom is 0.306 e. The highest BCUT2D eigenvalue weighted by molar-refractivity contribution is 5.71. The first kappa shape index (κ1) is 56.4. The fraction of sp³-hybridized carbons (Fsp3) is 0.942. The molecule has 0 radical (unpaired) electrons. The standard InChI is InChI=1S/C52H100O6/c1-6-7-8-9-10-20-27-32-37-42-50(53)56-45-49(58-52(55)44-39-34-29-24-19-15-17-22-26-31-36-41-48(4)5)46-57-51(54)43-38-33-28-23-18-14-12-11-13-16-21-25-30-35-40-47(2)3/h47-49H,6-46H2,1-5H3/t49-/m1/s1. The summed E-state index contributed by atoms with van der Waals surface area (Å²) in [6, 6.07) is 0. The third kappa shape index (κ3) is 45.5. The van der Waals surface area contributed by atoms with E-state index in [9.17, 15) is 14.4 Å². The van der Waals surface area contributed by atoms with Crippen LogP contribution < -0.4 is 0 Å². The first-order valence-electron chi connectivity index (χ1n) is 25.7. The predicted octanol–water partition coefficient (Wildman–Crippen LogP) is 16.5. The number of unbranched alkanes of at least 4 members (excludes halogenated alkanes) is 31. The van der Waals surface area contributed by atoms with E-state index < -0.39 is 6.10 Å². The van der Waals surface area contributed by atoms with Gasteiger partial charge in [-0.2, -0.15) is 0 Å². The van der Waals surface area contributed by atoms with Gasteiger partial charge in [-0.15, -0.1) is 0 Å². The summed E-state index contributed by atoms with van der Waals surface area (Å²) in [4.78, 5) is 37.9. The molecule has 0 bridgehead atoms. The van der Waals surface area contributed by atoms with Crippen molar-refractivity contribution in [3.05, 3.63) is 0 Å². The molecule has 0 saturated heterocycles. The van der Waals surface area contributed by atoms with Gasteiger partial charge in [0.05, 0.1) is 0 Å². The molecule has 0 rings (SSSR count). The number of carbonyl (C=O) groups is 3. The van der Waals surface area contributed by atoms with Gasteiger partial charge in [0.2, 0.25) is 0 Å². The summed E-state index contributed by atoms with van der Waals surface area (Å²) < 4.78 is 16.8. The second kappa shape index (κ2) is 44.9. The van der Waals surface area contributed by atoms with Crippen molar-refractivity contribution in [2.24, 2.45) is 11.8 Å². The summed E-state index contributed by atoms with van der Waals surface area (Å²) in [5, 5.41) is 0. The molecule has 0 saturated carbocycles. The van der Waals surface area contributed by atoms with Crippen LogP contribution in [0, 0.1) is 11.8 Å². The second-order valence-corrected chi connectivity index (χ2v) is 18.8. The Morgan fingerprint density at radius 1 is 0.328 bits per heavy atom. The molecule has 0 aliphatic heterocycles. The molecule has 0 spiro atoms. The molecule has 6 nitrogen and oxygen atoms in total. The molecular formula is C52H100O6. The topological polar surface area (TPSA) is 78.9 Å². The van der Waals surface area contributed by atoms with Crippen molar-refractivity contribution in [3.8, 4) is 0 Å². The Morgan fingerprint density at radius 3 is 0.845 bits per heavy atom. The first-order chi connectivity index (χ1) is 28.2. The van der Waals surface area contributed by atoms with Crippen molar-refractivity contribution in [3.63, 3.8) is 0 Å². The van der Waals surface area contributed by atoms with Crippen molar-refractivity contribution >= 4 is 17.9 Å². The average molecular weight is 821 g/mol. The molecule has 6 heteroatoms. The van der Waals surface area contributed by atoms with Gasteiger partial charge >= 0.3 is 17.9 Å². The Labute approximate surface area is 361 Å². The van der Waals surface area contributed by atoms with Crippen LogP contribution in [-0.4, -0.2) is 37.2 Å². The Hall–Kier alpha value is -1.59. The van der Waals surface area contributed by atoms with E-state index in [1.807, 2.05) is 0 Å². The van der Waals surface area contributed by atoms with Crippen LogP contribution in [0.4, 0.5) is 0 Å².